The molecule has 138 valence electrons. The summed E-state index contributed by atoms with van der Waals surface area (Å²) < 4.78 is 0. The summed E-state index contributed by atoms with van der Waals surface area (Å²) in [6, 6.07) is 17.9. The van der Waals surface area contributed by atoms with Gasteiger partial charge in [-0.15, -0.1) is 11.3 Å². The average Bonchev–Trinajstić information content (AvgIpc) is 3.20. The van der Waals surface area contributed by atoms with E-state index in [9.17, 15) is 4.79 Å². The van der Waals surface area contributed by atoms with Gasteiger partial charge in [-0.25, -0.2) is 9.79 Å². The molecule has 0 unspecified atom stereocenters. The van der Waals surface area contributed by atoms with Gasteiger partial charge >= 0.3 is 6.03 Å². The first kappa shape index (κ1) is 17.6. The SMILES string of the molecule is N#Cc1cccc(NC(=O)Nc2ccc(N3CN=C(N)c4ccsc43)cc2)c1. The number of amides is 2. The second-order valence-electron chi connectivity index (χ2n) is 6.07. The van der Waals surface area contributed by atoms with Crippen LogP contribution in [-0.4, -0.2) is 18.5 Å². The predicted octanol–water partition coefficient (Wildman–Crippen LogP) is 4.08. The predicted molar refractivity (Wildman–Crippen MR) is 112 cm³/mol. The summed E-state index contributed by atoms with van der Waals surface area (Å²) in [5.74, 6) is 0.558. The number of amidine groups is 1. The number of aliphatic imine (C=N–C) groups is 1. The summed E-state index contributed by atoms with van der Waals surface area (Å²) in [6.07, 6.45) is 0. The molecule has 8 heteroatoms. The topological polar surface area (TPSA) is 107 Å². The third-order valence-electron chi connectivity index (χ3n) is 4.23. The minimum atomic E-state index is -0.376. The van der Waals surface area contributed by atoms with Gasteiger partial charge in [-0.3, -0.25) is 0 Å². The highest BCUT2D eigenvalue weighted by molar-refractivity contribution is 7.14. The number of thiophene rings is 1. The first-order valence-corrected chi connectivity index (χ1v) is 9.35. The van der Waals surface area contributed by atoms with Crippen LogP contribution >= 0.6 is 11.3 Å². The van der Waals surface area contributed by atoms with Crippen LogP contribution < -0.4 is 21.3 Å². The van der Waals surface area contributed by atoms with Gasteiger partial charge in [0.05, 0.1) is 17.2 Å². The van der Waals surface area contributed by atoms with Crippen LogP contribution in [0.3, 0.4) is 0 Å². The monoisotopic (exact) mass is 388 g/mol. The number of nitrogens with one attached hydrogen (secondary N) is 2. The number of nitrogens with zero attached hydrogens (tertiary/aromatic N) is 3. The number of carbonyl (C=O) groups excluding carboxylic acids is 1. The van der Waals surface area contributed by atoms with Crippen molar-refractivity contribution < 1.29 is 4.79 Å². The first-order chi connectivity index (χ1) is 13.6. The summed E-state index contributed by atoms with van der Waals surface area (Å²) in [5.41, 5.74) is 9.56. The summed E-state index contributed by atoms with van der Waals surface area (Å²) in [4.78, 5) is 18.6. The maximum absolute atomic E-state index is 12.2. The van der Waals surface area contributed by atoms with Gasteiger partial charge in [0.15, 0.2) is 0 Å². The Morgan fingerprint density at radius 3 is 2.71 bits per heavy atom. The van der Waals surface area contributed by atoms with Crippen LogP contribution in [0.15, 0.2) is 65.0 Å². The third-order valence-corrected chi connectivity index (χ3v) is 5.17. The summed E-state index contributed by atoms with van der Waals surface area (Å²) in [7, 11) is 0. The molecule has 0 atom stereocenters. The number of rotatable bonds is 3. The fourth-order valence-electron chi connectivity index (χ4n) is 2.89. The molecule has 28 heavy (non-hydrogen) atoms. The molecule has 0 radical (unpaired) electrons. The van der Waals surface area contributed by atoms with Gasteiger partial charge in [-0.1, -0.05) is 6.07 Å². The largest absolute Gasteiger partial charge is 0.383 e. The molecule has 0 spiro atoms. The third kappa shape index (κ3) is 3.51. The normalized spacial score (nSPS) is 12.5. The van der Waals surface area contributed by atoms with Crippen LogP contribution in [0.25, 0.3) is 0 Å². The maximum Gasteiger partial charge on any atom is 0.323 e. The number of hydrogen-bond donors (Lipinski definition) is 3. The van der Waals surface area contributed by atoms with Gasteiger partial charge in [0.25, 0.3) is 0 Å². The van der Waals surface area contributed by atoms with Crippen molar-refractivity contribution in [3.05, 3.63) is 71.1 Å². The Balaban J connectivity index is 1.44. The van der Waals surface area contributed by atoms with Crippen molar-refractivity contribution in [1.29, 1.82) is 5.26 Å². The van der Waals surface area contributed by atoms with Crippen molar-refractivity contribution in [2.45, 2.75) is 0 Å². The smallest absolute Gasteiger partial charge is 0.323 e. The molecular weight excluding hydrogens is 372 g/mol. The number of fused-ring (bicyclic) bond motifs is 1. The average molecular weight is 388 g/mol. The van der Waals surface area contributed by atoms with E-state index in [1.807, 2.05) is 41.8 Å². The standard InChI is InChI=1S/C20H16N6OS/c21-11-13-2-1-3-15(10-13)25-20(27)24-14-4-6-16(7-5-14)26-12-23-18(22)17-8-9-28-19(17)26/h1-10H,12H2,(H2,22,23)(H2,24,25,27). The van der Waals surface area contributed by atoms with E-state index in [4.69, 9.17) is 11.0 Å². The zero-order valence-electron chi connectivity index (χ0n) is 14.7. The number of nitriles is 1. The molecule has 0 saturated carbocycles. The van der Waals surface area contributed by atoms with Crippen LogP contribution in [0.5, 0.6) is 0 Å². The molecule has 2 aromatic carbocycles. The number of nitrogens with two attached hydrogens (primary N) is 1. The van der Waals surface area contributed by atoms with Gasteiger partial charge < -0.3 is 21.3 Å². The molecule has 1 aromatic heterocycles. The van der Waals surface area contributed by atoms with Gasteiger partial charge in [-0.05, 0) is 53.9 Å². The molecule has 1 aliphatic heterocycles. The molecule has 4 rings (SSSR count). The van der Waals surface area contributed by atoms with E-state index in [1.165, 1.54) is 0 Å². The van der Waals surface area contributed by atoms with Gasteiger partial charge in [0, 0.05) is 17.1 Å². The minimum Gasteiger partial charge on any atom is -0.383 e. The van der Waals surface area contributed by atoms with Crippen molar-refractivity contribution in [1.82, 2.24) is 0 Å². The molecule has 0 aliphatic carbocycles. The van der Waals surface area contributed by atoms with Crippen molar-refractivity contribution >= 4 is 45.3 Å². The Morgan fingerprint density at radius 2 is 1.93 bits per heavy atom. The molecule has 3 aromatic rings. The van der Waals surface area contributed by atoms with Gasteiger partial charge in [0.1, 0.15) is 17.5 Å². The van der Waals surface area contributed by atoms with Crippen LogP contribution in [0, 0.1) is 11.3 Å². The molecule has 0 saturated heterocycles. The van der Waals surface area contributed by atoms with E-state index in [0.29, 0.717) is 29.4 Å². The highest BCUT2D eigenvalue weighted by atomic mass is 32.1. The van der Waals surface area contributed by atoms with Crippen molar-refractivity contribution in [3.63, 3.8) is 0 Å². The molecule has 0 bridgehead atoms. The van der Waals surface area contributed by atoms with Crippen molar-refractivity contribution in [2.24, 2.45) is 10.7 Å². The molecule has 2 amide bonds. The summed E-state index contributed by atoms with van der Waals surface area (Å²) in [6.45, 7) is 0.460. The molecule has 0 fully saturated rings. The highest BCUT2D eigenvalue weighted by Gasteiger charge is 2.21. The highest BCUT2D eigenvalue weighted by Crippen LogP contribution is 2.36. The van der Waals surface area contributed by atoms with Crippen LogP contribution in [0.4, 0.5) is 26.9 Å². The fraction of sp³-hybridized carbons (Fsp3) is 0.0500. The van der Waals surface area contributed by atoms with E-state index in [1.54, 1.807) is 35.6 Å². The second kappa shape index (κ2) is 7.42. The zero-order valence-corrected chi connectivity index (χ0v) is 15.5. The number of urea groups is 1. The lowest BCUT2D eigenvalue weighted by atomic mass is 10.2. The number of hydrogen-bond acceptors (Lipinski definition) is 6. The molecule has 4 N–H and O–H groups in total. The Hall–Kier alpha value is -3.83. The molecular formula is C20H16N6OS. The van der Waals surface area contributed by atoms with Crippen molar-refractivity contribution in [3.8, 4) is 6.07 Å². The van der Waals surface area contributed by atoms with Crippen LogP contribution in [0.1, 0.15) is 11.1 Å². The molecule has 7 nitrogen and oxygen atoms in total. The number of carbonyl (C=O) groups is 1. The Morgan fingerprint density at radius 1 is 1.14 bits per heavy atom. The summed E-state index contributed by atoms with van der Waals surface area (Å²) >= 11 is 1.61. The summed E-state index contributed by atoms with van der Waals surface area (Å²) in [5, 5.41) is 17.5. The lowest BCUT2D eigenvalue weighted by Crippen LogP contribution is -2.27. The quantitative estimate of drug-likeness (QED) is 0.628. The molecule has 2 heterocycles. The fourth-order valence-corrected chi connectivity index (χ4v) is 3.81. The Kier molecular flexibility index (Phi) is 4.66. The minimum absolute atomic E-state index is 0.376. The van der Waals surface area contributed by atoms with Crippen molar-refractivity contribution in [2.75, 3.05) is 22.2 Å². The van der Waals surface area contributed by atoms with E-state index >= 15 is 0 Å². The molecule has 1 aliphatic rings. The Labute approximate surface area is 165 Å². The number of anilines is 4. The van der Waals surface area contributed by atoms with E-state index < -0.39 is 0 Å². The van der Waals surface area contributed by atoms with E-state index in [2.05, 4.69) is 20.5 Å². The van der Waals surface area contributed by atoms with E-state index in [0.717, 1.165) is 16.3 Å². The number of benzene rings is 2. The van der Waals surface area contributed by atoms with Crippen LogP contribution in [0.2, 0.25) is 0 Å². The first-order valence-electron chi connectivity index (χ1n) is 8.47. The maximum atomic E-state index is 12.2. The van der Waals surface area contributed by atoms with Gasteiger partial charge in [-0.2, -0.15) is 5.26 Å². The zero-order chi connectivity index (χ0) is 19.5. The second-order valence-corrected chi connectivity index (χ2v) is 6.97. The lowest BCUT2D eigenvalue weighted by Gasteiger charge is -2.26. The van der Waals surface area contributed by atoms with Gasteiger partial charge in [0.2, 0.25) is 0 Å². The Bertz CT molecular complexity index is 1100. The van der Waals surface area contributed by atoms with E-state index in [-0.39, 0.29) is 6.03 Å². The van der Waals surface area contributed by atoms with Crippen LogP contribution in [-0.2, 0) is 0 Å². The lowest BCUT2D eigenvalue weighted by molar-refractivity contribution is 0.262.